The number of hydrogen-bond acceptors (Lipinski definition) is 3. The Morgan fingerprint density at radius 2 is 2.10 bits per heavy atom. The summed E-state index contributed by atoms with van der Waals surface area (Å²) in [4.78, 5) is 2.36. The van der Waals surface area contributed by atoms with Crippen molar-refractivity contribution in [3.8, 4) is 5.75 Å². The van der Waals surface area contributed by atoms with E-state index in [1.54, 1.807) is 0 Å². The van der Waals surface area contributed by atoms with Crippen LogP contribution in [0, 0.1) is 17.8 Å². The van der Waals surface area contributed by atoms with Crippen LogP contribution in [0.15, 0.2) is 18.2 Å². The molecule has 3 unspecified atom stereocenters. The van der Waals surface area contributed by atoms with E-state index in [2.05, 4.69) is 31.0 Å². The summed E-state index contributed by atoms with van der Waals surface area (Å²) in [5.41, 5.74) is 8.01. The number of benzene rings is 1. The fourth-order valence-corrected chi connectivity index (χ4v) is 4.19. The van der Waals surface area contributed by atoms with Crippen molar-refractivity contribution in [2.24, 2.45) is 17.8 Å². The van der Waals surface area contributed by atoms with Crippen molar-refractivity contribution in [3.05, 3.63) is 18.2 Å². The summed E-state index contributed by atoms with van der Waals surface area (Å²) in [6, 6.07) is 6.11. The van der Waals surface area contributed by atoms with Crippen LogP contribution in [-0.4, -0.2) is 20.2 Å². The highest BCUT2D eigenvalue weighted by Crippen LogP contribution is 2.48. The molecular formula is C18H28N2O. The number of nitrogens with two attached hydrogens (primary N) is 1. The van der Waals surface area contributed by atoms with Gasteiger partial charge in [-0.2, -0.15) is 0 Å². The highest BCUT2D eigenvalue weighted by Gasteiger charge is 2.39. The van der Waals surface area contributed by atoms with Gasteiger partial charge in [-0.15, -0.1) is 0 Å². The van der Waals surface area contributed by atoms with E-state index in [0.717, 1.165) is 48.8 Å². The molecule has 0 aromatic heterocycles. The van der Waals surface area contributed by atoms with Crippen LogP contribution in [0.2, 0.25) is 0 Å². The number of hydrogen-bond donors (Lipinski definition) is 1. The van der Waals surface area contributed by atoms with Gasteiger partial charge in [-0.3, -0.25) is 0 Å². The lowest BCUT2D eigenvalue weighted by Gasteiger charge is -2.29. The topological polar surface area (TPSA) is 38.5 Å². The van der Waals surface area contributed by atoms with Gasteiger partial charge >= 0.3 is 0 Å². The smallest absolute Gasteiger partial charge is 0.123 e. The predicted molar refractivity (Wildman–Crippen MR) is 88.8 cm³/mol. The Morgan fingerprint density at radius 3 is 2.76 bits per heavy atom. The minimum absolute atomic E-state index is 0.749. The summed E-state index contributed by atoms with van der Waals surface area (Å²) in [5.74, 6) is 3.74. The second kappa shape index (κ2) is 6.17. The molecule has 3 nitrogen and oxygen atoms in total. The van der Waals surface area contributed by atoms with E-state index in [9.17, 15) is 0 Å². The first-order chi connectivity index (χ1) is 10.2. The van der Waals surface area contributed by atoms with E-state index in [1.807, 2.05) is 6.07 Å². The first kappa shape index (κ1) is 14.6. The Balaban J connectivity index is 1.66. The molecule has 1 aromatic carbocycles. The number of rotatable bonds is 6. The Labute approximate surface area is 128 Å². The fraction of sp³-hybridized carbons (Fsp3) is 0.667. The monoisotopic (exact) mass is 288 g/mol. The average molecular weight is 288 g/mol. The molecule has 2 aliphatic carbocycles. The highest BCUT2D eigenvalue weighted by atomic mass is 16.5. The molecule has 3 heteroatoms. The Kier molecular flexibility index (Phi) is 4.27. The van der Waals surface area contributed by atoms with Crippen LogP contribution in [0.4, 0.5) is 11.4 Å². The molecule has 3 rings (SSSR count). The first-order valence-corrected chi connectivity index (χ1v) is 8.40. The Morgan fingerprint density at radius 1 is 1.24 bits per heavy atom. The third-order valence-corrected chi connectivity index (χ3v) is 5.22. The normalized spacial score (nSPS) is 27.0. The zero-order valence-electron chi connectivity index (χ0n) is 13.3. The molecular weight excluding hydrogens is 260 g/mol. The number of fused-ring (bicyclic) bond motifs is 2. The van der Waals surface area contributed by atoms with Gasteiger partial charge in [0.15, 0.2) is 0 Å². The molecule has 0 spiro atoms. The van der Waals surface area contributed by atoms with Crippen molar-refractivity contribution in [1.82, 2.24) is 0 Å². The third kappa shape index (κ3) is 3.28. The Hall–Kier alpha value is -1.38. The van der Waals surface area contributed by atoms with Crippen molar-refractivity contribution < 1.29 is 4.74 Å². The lowest BCUT2D eigenvalue weighted by atomic mass is 9.88. The predicted octanol–water partition coefficient (Wildman–Crippen LogP) is 3.93. The molecule has 0 aliphatic heterocycles. The average Bonchev–Trinajstić information content (AvgIpc) is 3.07. The second-order valence-electron chi connectivity index (χ2n) is 6.92. The standard InChI is InChI=1S/C18H28N2O/c1-3-6-21-18-10-16(19)9-17(11-18)20(2)12-15-8-13-4-5-14(15)7-13/h9-11,13-15H,3-8,12,19H2,1-2H3. The van der Waals surface area contributed by atoms with Gasteiger partial charge < -0.3 is 15.4 Å². The van der Waals surface area contributed by atoms with Crippen molar-refractivity contribution in [3.63, 3.8) is 0 Å². The molecule has 116 valence electrons. The summed E-state index contributed by atoms with van der Waals surface area (Å²) < 4.78 is 5.74. The van der Waals surface area contributed by atoms with Gasteiger partial charge in [0.25, 0.3) is 0 Å². The number of anilines is 2. The van der Waals surface area contributed by atoms with Gasteiger partial charge in [-0.25, -0.2) is 0 Å². The molecule has 2 fully saturated rings. The van der Waals surface area contributed by atoms with Gasteiger partial charge in [-0.05, 0) is 49.5 Å². The minimum Gasteiger partial charge on any atom is -0.493 e. The largest absolute Gasteiger partial charge is 0.493 e. The molecule has 21 heavy (non-hydrogen) atoms. The van der Waals surface area contributed by atoms with Crippen LogP contribution in [0.3, 0.4) is 0 Å². The van der Waals surface area contributed by atoms with Crippen molar-refractivity contribution in [2.75, 3.05) is 30.8 Å². The maximum absolute atomic E-state index is 6.03. The fourth-order valence-electron chi connectivity index (χ4n) is 4.19. The molecule has 0 heterocycles. The first-order valence-electron chi connectivity index (χ1n) is 8.40. The molecule has 1 aromatic rings. The zero-order valence-corrected chi connectivity index (χ0v) is 13.3. The van der Waals surface area contributed by atoms with E-state index in [0.29, 0.717) is 0 Å². The Bertz CT molecular complexity index is 488. The van der Waals surface area contributed by atoms with Gasteiger partial charge in [0.05, 0.1) is 6.61 Å². The molecule has 2 saturated carbocycles. The quantitative estimate of drug-likeness (QED) is 0.806. The summed E-state index contributed by atoms with van der Waals surface area (Å²) in [7, 11) is 2.18. The van der Waals surface area contributed by atoms with Crippen LogP contribution >= 0.6 is 0 Å². The maximum atomic E-state index is 6.03. The van der Waals surface area contributed by atoms with E-state index in [-0.39, 0.29) is 0 Å². The highest BCUT2D eigenvalue weighted by molar-refractivity contribution is 5.60. The van der Waals surface area contributed by atoms with Crippen LogP contribution in [0.5, 0.6) is 5.75 Å². The van der Waals surface area contributed by atoms with E-state index in [4.69, 9.17) is 10.5 Å². The number of nitrogen functional groups attached to an aromatic ring is 1. The summed E-state index contributed by atoms with van der Waals surface area (Å²) in [6.07, 6.45) is 6.84. The number of ether oxygens (including phenoxy) is 1. The lowest BCUT2D eigenvalue weighted by Crippen LogP contribution is -2.28. The summed E-state index contributed by atoms with van der Waals surface area (Å²) in [6.45, 7) is 4.02. The van der Waals surface area contributed by atoms with Crippen molar-refractivity contribution >= 4 is 11.4 Å². The molecule has 2 bridgehead atoms. The molecule has 0 amide bonds. The molecule has 2 aliphatic rings. The van der Waals surface area contributed by atoms with Crippen molar-refractivity contribution in [1.29, 1.82) is 0 Å². The van der Waals surface area contributed by atoms with E-state index < -0.39 is 0 Å². The van der Waals surface area contributed by atoms with Crippen molar-refractivity contribution in [2.45, 2.75) is 39.0 Å². The van der Waals surface area contributed by atoms with Crippen LogP contribution in [0.25, 0.3) is 0 Å². The number of nitrogens with zero attached hydrogens (tertiary/aromatic N) is 1. The van der Waals surface area contributed by atoms with E-state index in [1.165, 1.54) is 31.4 Å². The van der Waals surface area contributed by atoms with Gasteiger partial charge in [0, 0.05) is 37.1 Å². The SMILES string of the molecule is CCCOc1cc(N)cc(N(C)CC2CC3CCC2C3)c1. The lowest BCUT2D eigenvalue weighted by molar-refractivity contribution is 0.317. The molecule has 3 atom stereocenters. The zero-order chi connectivity index (χ0) is 14.8. The minimum atomic E-state index is 0.749. The van der Waals surface area contributed by atoms with Gasteiger partial charge in [0.1, 0.15) is 5.75 Å². The third-order valence-electron chi connectivity index (χ3n) is 5.22. The second-order valence-corrected chi connectivity index (χ2v) is 6.92. The van der Waals surface area contributed by atoms with Gasteiger partial charge in [0.2, 0.25) is 0 Å². The molecule has 0 saturated heterocycles. The summed E-state index contributed by atoms with van der Waals surface area (Å²) in [5, 5.41) is 0. The maximum Gasteiger partial charge on any atom is 0.123 e. The van der Waals surface area contributed by atoms with Crippen LogP contribution < -0.4 is 15.4 Å². The van der Waals surface area contributed by atoms with Crippen LogP contribution in [0.1, 0.15) is 39.0 Å². The van der Waals surface area contributed by atoms with Gasteiger partial charge in [-0.1, -0.05) is 13.3 Å². The molecule has 2 N–H and O–H groups in total. The van der Waals surface area contributed by atoms with E-state index >= 15 is 0 Å². The molecule has 0 radical (unpaired) electrons. The summed E-state index contributed by atoms with van der Waals surface area (Å²) >= 11 is 0. The van der Waals surface area contributed by atoms with Crippen LogP contribution in [-0.2, 0) is 0 Å².